The molecule has 0 radical (unpaired) electrons. The van der Waals surface area contributed by atoms with Crippen LogP contribution in [-0.2, 0) is 16.8 Å². The first kappa shape index (κ1) is 14.9. The predicted octanol–water partition coefficient (Wildman–Crippen LogP) is 1.63. The Balaban J connectivity index is 1.79. The number of nitrogens with zero attached hydrogens (tertiary/aromatic N) is 4. The SMILES string of the molecule is O=S(=O)(N1CCCC1)N1CCn2cccc2C1c1cccnc1. The molecule has 23 heavy (non-hydrogen) atoms. The number of aromatic nitrogens is 2. The van der Waals surface area contributed by atoms with Gasteiger partial charge in [0.1, 0.15) is 0 Å². The summed E-state index contributed by atoms with van der Waals surface area (Å²) in [4.78, 5) is 4.19. The largest absolute Gasteiger partial charge is 0.348 e. The van der Waals surface area contributed by atoms with Crippen molar-refractivity contribution in [3.8, 4) is 0 Å². The van der Waals surface area contributed by atoms with Crippen molar-refractivity contribution < 1.29 is 8.42 Å². The monoisotopic (exact) mass is 332 g/mol. The van der Waals surface area contributed by atoms with Crippen molar-refractivity contribution in [2.24, 2.45) is 0 Å². The number of hydrogen-bond acceptors (Lipinski definition) is 3. The molecule has 7 heteroatoms. The van der Waals surface area contributed by atoms with Gasteiger partial charge in [-0.15, -0.1) is 0 Å². The Morgan fingerprint density at radius 3 is 2.61 bits per heavy atom. The van der Waals surface area contributed by atoms with Crippen molar-refractivity contribution in [2.75, 3.05) is 19.6 Å². The molecule has 0 aliphatic carbocycles. The molecule has 2 aromatic rings. The summed E-state index contributed by atoms with van der Waals surface area (Å²) < 4.78 is 31.6. The predicted molar refractivity (Wildman–Crippen MR) is 86.9 cm³/mol. The van der Waals surface area contributed by atoms with Crippen LogP contribution in [0.3, 0.4) is 0 Å². The third-order valence-electron chi connectivity index (χ3n) is 4.68. The second kappa shape index (κ2) is 5.74. The highest BCUT2D eigenvalue weighted by Crippen LogP contribution is 2.35. The summed E-state index contributed by atoms with van der Waals surface area (Å²) in [6.07, 6.45) is 7.38. The highest BCUT2D eigenvalue weighted by Gasteiger charge is 2.40. The first-order valence-electron chi connectivity index (χ1n) is 8.00. The van der Waals surface area contributed by atoms with Gasteiger partial charge in [0.25, 0.3) is 10.2 Å². The van der Waals surface area contributed by atoms with Gasteiger partial charge >= 0.3 is 0 Å². The third-order valence-corrected chi connectivity index (χ3v) is 6.69. The zero-order chi connectivity index (χ0) is 15.9. The summed E-state index contributed by atoms with van der Waals surface area (Å²) in [5.74, 6) is 0. The van der Waals surface area contributed by atoms with Crippen LogP contribution in [0.2, 0.25) is 0 Å². The van der Waals surface area contributed by atoms with E-state index in [-0.39, 0.29) is 6.04 Å². The van der Waals surface area contributed by atoms with E-state index in [4.69, 9.17) is 0 Å². The fraction of sp³-hybridized carbons (Fsp3) is 0.438. The summed E-state index contributed by atoms with van der Waals surface area (Å²) in [7, 11) is -3.45. The average molecular weight is 332 g/mol. The molecule has 0 N–H and O–H groups in total. The van der Waals surface area contributed by atoms with Gasteiger partial charge in [0.2, 0.25) is 0 Å². The van der Waals surface area contributed by atoms with Crippen LogP contribution >= 0.6 is 0 Å². The van der Waals surface area contributed by atoms with Crippen molar-refractivity contribution in [3.05, 3.63) is 54.1 Å². The number of pyridine rings is 1. The number of rotatable bonds is 3. The topological polar surface area (TPSA) is 58.4 Å². The van der Waals surface area contributed by atoms with Gasteiger partial charge in [-0.1, -0.05) is 6.07 Å². The summed E-state index contributed by atoms with van der Waals surface area (Å²) in [6, 6.07) is 7.48. The smallest absolute Gasteiger partial charge is 0.282 e. The lowest BCUT2D eigenvalue weighted by Gasteiger charge is -2.38. The second-order valence-electron chi connectivity index (χ2n) is 6.04. The van der Waals surface area contributed by atoms with Gasteiger partial charge in [-0.05, 0) is 36.6 Å². The normalized spacial score (nSPS) is 23.0. The Labute approximate surface area is 136 Å². The molecule has 0 spiro atoms. The van der Waals surface area contributed by atoms with Crippen molar-refractivity contribution in [1.82, 2.24) is 18.2 Å². The number of hydrogen-bond donors (Lipinski definition) is 0. The molecule has 1 unspecified atom stereocenters. The number of fused-ring (bicyclic) bond motifs is 1. The average Bonchev–Trinajstić information content (AvgIpc) is 3.26. The maximum atomic E-state index is 13.1. The van der Waals surface area contributed by atoms with Gasteiger partial charge in [-0.25, -0.2) is 0 Å². The second-order valence-corrected chi connectivity index (χ2v) is 7.92. The summed E-state index contributed by atoms with van der Waals surface area (Å²) in [5.41, 5.74) is 1.92. The molecule has 1 fully saturated rings. The van der Waals surface area contributed by atoms with Crippen molar-refractivity contribution in [1.29, 1.82) is 0 Å². The van der Waals surface area contributed by atoms with E-state index in [1.807, 2.05) is 30.5 Å². The highest BCUT2D eigenvalue weighted by atomic mass is 32.2. The highest BCUT2D eigenvalue weighted by molar-refractivity contribution is 7.86. The van der Waals surface area contributed by atoms with Crippen LogP contribution in [-0.4, -0.2) is 46.2 Å². The summed E-state index contributed by atoms with van der Waals surface area (Å²) >= 11 is 0. The molecule has 1 saturated heterocycles. The Kier molecular flexibility index (Phi) is 3.71. The molecule has 0 bridgehead atoms. The van der Waals surface area contributed by atoms with Gasteiger partial charge < -0.3 is 4.57 Å². The maximum Gasteiger partial charge on any atom is 0.282 e. The van der Waals surface area contributed by atoms with E-state index < -0.39 is 10.2 Å². The van der Waals surface area contributed by atoms with Crippen molar-refractivity contribution in [2.45, 2.75) is 25.4 Å². The molecule has 6 nitrogen and oxygen atoms in total. The van der Waals surface area contributed by atoms with Crippen LogP contribution in [0.1, 0.15) is 30.1 Å². The molecule has 1 atom stereocenters. The molecule has 2 aromatic heterocycles. The van der Waals surface area contributed by atoms with E-state index in [1.54, 1.807) is 21.0 Å². The minimum absolute atomic E-state index is 0.307. The minimum atomic E-state index is -3.45. The van der Waals surface area contributed by atoms with Crippen LogP contribution in [0.25, 0.3) is 0 Å². The van der Waals surface area contributed by atoms with E-state index >= 15 is 0 Å². The van der Waals surface area contributed by atoms with Crippen LogP contribution in [0.4, 0.5) is 0 Å². The van der Waals surface area contributed by atoms with Crippen LogP contribution in [0.5, 0.6) is 0 Å². The van der Waals surface area contributed by atoms with Gasteiger partial charge in [0, 0.05) is 50.5 Å². The first-order valence-corrected chi connectivity index (χ1v) is 9.39. The fourth-order valence-electron chi connectivity index (χ4n) is 3.55. The Morgan fingerprint density at radius 2 is 1.87 bits per heavy atom. The lowest BCUT2D eigenvalue weighted by atomic mass is 10.0. The molecule has 0 aromatic carbocycles. The van der Waals surface area contributed by atoms with E-state index in [0.29, 0.717) is 26.2 Å². The Morgan fingerprint density at radius 1 is 1.04 bits per heavy atom. The van der Waals surface area contributed by atoms with E-state index in [1.165, 1.54) is 0 Å². The molecule has 0 amide bonds. The fourth-order valence-corrected chi connectivity index (χ4v) is 5.38. The zero-order valence-electron chi connectivity index (χ0n) is 12.9. The molecule has 0 saturated carbocycles. The van der Waals surface area contributed by atoms with E-state index in [2.05, 4.69) is 9.55 Å². The zero-order valence-corrected chi connectivity index (χ0v) is 13.7. The van der Waals surface area contributed by atoms with Gasteiger partial charge in [-0.3, -0.25) is 4.98 Å². The van der Waals surface area contributed by atoms with Crippen molar-refractivity contribution >= 4 is 10.2 Å². The maximum absolute atomic E-state index is 13.1. The molecule has 2 aliphatic heterocycles. The molecule has 4 rings (SSSR count). The molecule has 4 heterocycles. The van der Waals surface area contributed by atoms with E-state index in [9.17, 15) is 8.42 Å². The lowest BCUT2D eigenvalue weighted by molar-refractivity contribution is 0.275. The third kappa shape index (κ3) is 2.49. The summed E-state index contributed by atoms with van der Waals surface area (Å²) in [6.45, 7) is 2.42. The Hall–Kier alpha value is -1.70. The quantitative estimate of drug-likeness (QED) is 0.858. The van der Waals surface area contributed by atoms with Crippen LogP contribution in [0.15, 0.2) is 42.9 Å². The Bertz CT molecular complexity index is 781. The summed E-state index contributed by atoms with van der Waals surface area (Å²) in [5, 5.41) is 0. The standard InChI is InChI=1S/C16H20N4O2S/c21-23(22,19-9-1-2-10-19)20-12-11-18-8-4-6-15(18)16(20)14-5-3-7-17-13-14/h3-8,13,16H,1-2,9-12H2. The molecule has 122 valence electrons. The molecular formula is C16H20N4O2S. The van der Waals surface area contributed by atoms with Gasteiger partial charge in [0.05, 0.1) is 6.04 Å². The van der Waals surface area contributed by atoms with Crippen LogP contribution in [0, 0.1) is 0 Å². The van der Waals surface area contributed by atoms with Crippen LogP contribution < -0.4 is 0 Å². The van der Waals surface area contributed by atoms with E-state index in [0.717, 1.165) is 24.1 Å². The minimum Gasteiger partial charge on any atom is -0.348 e. The molecular weight excluding hydrogens is 312 g/mol. The molecule has 2 aliphatic rings. The van der Waals surface area contributed by atoms with Crippen molar-refractivity contribution in [3.63, 3.8) is 0 Å². The lowest BCUT2D eigenvalue weighted by Crippen LogP contribution is -2.48. The first-order chi connectivity index (χ1) is 11.2. The van der Waals surface area contributed by atoms with Gasteiger partial charge in [0.15, 0.2) is 0 Å². The van der Waals surface area contributed by atoms with Gasteiger partial charge in [-0.2, -0.15) is 17.0 Å².